The molecule has 0 aliphatic carbocycles. The minimum Gasteiger partial charge on any atom is -0.507 e. The molecule has 1 aromatic carbocycles. The number of Topliss-reactive ketones (excluding diaryl/α,β-unsaturated/α-hetero) is 1. The summed E-state index contributed by atoms with van der Waals surface area (Å²) >= 11 is 0. The first kappa shape index (κ1) is 20.7. The number of hydrogen-bond donors (Lipinski definition) is 1. The smallest absolute Gasteiger partial charge is 0.295 e. The Morgan fingerprint density at radius 3 is 2.59 bits per heavy atom. The number of likely N-dealkylation sites (tertiary alicyclic amines) is 1. The second kappa shape index (κ2) is 8.57. The number of carbonyl (C=O) groups is 2. The zero-order valence-electron chi connectivity index (χ0n) is 17.2. The molecule has 29 heavy (non-hydrogen) atoms. The zero-order valence-corrected chi connectivity index (χ0v) is 17.2. The van der Waals surface area contributed by atoms with E-state index >= 15 is 0 Å². The Morgan fingerprint density at radius 2 is 1.97 bits per heavy atom. The summed E-state index contributed by atoms with van der Waals surface area (Å²) in [6, 6.07) is 8.30. The van der Waals surface area contributed by atoms with Crippen LogP contribution in [0.1, 0.15) is 42.1 Å². The van der Waals surface area contributed by atoms with E-state index in [1.54, 1.807) is 30.6 Å². The average Bonchev–Trinajstić information content (AvgIpc) is 2.95. The highest BCUT2D eigenvalue weighted by molar-refractivity contribution is 6.46. The molecule has 3 rings (SSSR count). The lowest BCUT2D eigenvalue weighted by Gasteiger charge is -2.25. The molecule has 1 N–H and O–H groups in total. The molecule has 6 heteroatoms. The van der Waals surface area contributed by atoms with Crippen molar-refractivity contribution < 1.29 is 19.4 Å². The molecule has 1 aliphatic rings. The van der Waals surface area contributed by atoms with Gasteiger partial charge in [0.1, 0.15) is 5.76 Å². The van der Waals surface area contributed by atoms with Crippen LogP contribution in [-0.4, -0.2) is 45.9 Å². The van der Waals surface area contributed by atoms with Crippen molar-refractivity contribution in [1.29, 1.82) is 0 Å². The minimum absolute atomic E-state index is 0.0131. The number of ether oxygens (including phenoxy) is 1. The van der Waals surface area contributed by atoms with E-state index in [4.69, 9.17) is 4.74 Å². The lowest BCUT2D eigenvalue weighted by atomic mass is 9.95. The van der Waals surface area contributed by atoms with E-state index in [1.807, 2.05) is 39.8 Å². The van der Waals surface area contributed by atoms with Crippen LogP contribution in [0.15, 0.2) is 48.3 Å². The van der Waals surface area contributed by atoms with Crippen molar-refractivity contribution in [3.8, 4) is 0 Å². The van der Waals surface area contributed by atoms with Gasteiger partial charge in [0.15, 0.2) is 0 Å². The summed E-state index contributed by atoms with van der Waals surface area (Å²) in [5, 5.41) is 11.0. The Hall–Kier alpha value is -2.99. The van der Waals surface area contributed by atoms with E-state index in [-0.39, 0.29) is 24.0 Å². The van der Waals surface area contributed by atoms with Gasteiger partial charge in [-0.2, -0.15) is 0 Å². The van der Waals surface area contributed by atoms with Crippen molar-refractivity contribution in [2.45, 2.75) is 39.8 Å². The normalized spacial score (nSPS) is 18.7. The summed E-state index contributed by atoms with van der Waals surface area (Å²) in [4.78, 5) is 31.3. The van der Waals surface area contributed by atoms with Gasteiger partial charge in [0.05, 0.1) is 24.3 Å². The lowest BCUT2D eigenvalue weighted by Crippen LogP contribution is -2.33. The third-order valence-corrected chi connectivity index (χ3v) is 5.10. The number of pyridine rings is 1. The maximum Gasteiger partial charge on any atom is 0.295 e. The number of aromatic nitrogens is 1. The highest BCUT2D eigenvalue weighted by atomic mass is 16.5. The fourth-order valence-electron chi connectivity index (χ4n) is 3.43. The predicted molar refractivity (Wildman–Crippen MR) is 110 cm³/mol. The Bertz CT molecular complexity index is 951. The zero-order chi connectivity index (χ0) is 21.1. The number of ketones is 1. The molecule has 1 aromatic heterocycles. The van der Waals surface area contributed by atoms with Gasteiger partial charge in [-0.1, -0.05) is 18.2 Å². The van der Waals surface area contributed by atoms with Gasteiger partial charge in [0.25, 0.3) is 11.7 Å². The van der Waals surface area contributed by atoms with Gasteiger partial charge >= 0.3 is 0 Å². The van der Waals surface area contributed by atoms with Crippen molar-refractivity contribution in [2.75, 3.05) is 13.2 Å². The van der Waals surface area contributed by atoms with Crippen LogP contribution in [-0.2, 0) is 14.3 Å². The summed E-state index contributed by atoms with van der Waals surface area (Å²) in [7, 11) is 0. The second-order valence-corrected chi connectivity index (χ2v) is 7.50. The Morgan fingerprint density at radius 1 is 1.21 bits per heavy atom. The molecule has 1 amide bonds. The molecule has 0 saturated carbocycles. The number of aliphatic hydroxyl groups is 1. The van der Waals surface area contributed by atoms with Gasteiger partial charge in [0.2, 0.25) is 0 Å². The van der Waals surface area contributed by atoms with Crippen LogP contribution in [0.4, 0.5) is 0 Å². The molecule has 2 heterocycles. The molecular weight excluding hydrogens is 368 g/mol. The van der Waals surface area contributed by atoms with Crippen LogP contribution in [0, 0.1) is 13.8 Å². The lowest BCUT2D eigenvalue weighted by molar-refractivity contribution is -0.140. The van der Waals surface area contributed by atoms with E-state index in [1.165, 1.54) is 4.90 Å². The average molecular weight is 394 g/mol. The molecule has 0 bridgehead atoms. The monoisotopic (exact) mass is 394 g/mol. The number of aryl methyl sites for hydroxylation is 2. The molecule has 0 spiro atoms. The van der Waals surface area contributed by atoms with E-state index in [2.05, 4.69) is 4.98 Å². The van der Waals surface area contributed by atoms with Gasteiger partial charge in [-0.25, -0.2) is 0 Å². The van der Waals surface area contributed by atoms with Gasteiger partial charge in [-0.15, -0.1) is 0 Å². The van der Waals surface area contributed by atoms with E-state index in [0.29, 0.717) is 17.7 Å². The largest absolute Gasteiger partial charge is 0.507 e. The standard InChI is InChI=1S/C23H26N2O4/c1-14(2)29-11-10-25-20(18-6-5-9-24-13-18)19(22(27)23(25)28)21(26)17-8-7-15(3)16(4)12-17/h5-9,12-14,20,26H,10-11H2,1-4H3/b21-19-. The van der Waals surface area contributed by atoms with Crippen LogP contribution in [0.5, 0.6) is 0 Å². The maximum atomic E-state index is 12.9. The van der Waals surface area contributed by atoms with Crippen LogP contribution in [0.25, 0.3) is 5.76 Å². The number of rotatable bonds is 6. The quantitative estimate of drug-likeness (QED) is 0.460. The number of hydrogen-bond acceptors (Lipinski definition) is 5. The highest BCUT2D eigenvalue weighted by Gasteiger charge is 2.46. The van der Waals surface area contributed by atoms with Gasteiger partial charge in [-0.3, -0.25) is 14.6 Å². The fraction of sp³-hybridized carbons (Fsp3) is 0.348. The fourth-order valence-corrected chi connectivity index (χ4v) is 3.43. The first-order chi connectivity index (χ1) is 13.8. The summed E-state index contributed by atoms with van der Waals surface area (Å²) in [5.41, 5.74) is 3.33. The van der Waals surface area contributed by atoms with E-state index in [0.717, 1.165) is 11.1 Å². The van der Waals surface area contributed by atoms with Gasteiger partial charge in [0, 0.05) is 24.5 Å². The summed E-state index contributed by atoms with van der Waals surface area (Å²) in [6.07, 6.45) is 3.25. The number of aliphatic hydroxyl groups excluding tert-OH is 1. The number of carbonyl (C=O) groups excluding carboxylic acids is 2. The van der Waals surface area contributed by atoms with Crippen molar-refractivity contribution >= 4 is 17.4 Å². The third-order valence-electron chi connectivity index (χ3n) is 5.10. The second-order valence-electron chi connectivity index (χ2n) is 7.50. The number of benzene rings is 1. The Balaban J connectivity index is 2.09. The highest BCUT2D eigenvalue weighted by Crippen LogP contribution is 2.39. The maximum absolute atomic E-state index is 12.9. The summed E-state index contributed by atoms with van der Waals surface area (Å²) in [5.74, 6) is -1.51. The molecule has 2 aromatic rings. The SMILES string of the molecule is Cc1ccc(/C(O)=C2/C(=O)C(=O)N(CCOC(C)C)C2c2cccnc2)cc1C. The predicted octanol–water partition coefficient (Wildman–Crippen LogP) is 3.55. The summed E-state index contributed by atoms with van der Waals surface area (Å²) in [6.45, 7) is 8.27. The minimum atomic E-state index is -0.707. The van der Waals surface area contributed by atoms with Crippen LogP contribution < -0.4 is 0 Å². The first-order valence-corrected chi connectivity index (χ1v) is 9.68. The van der Waals surface area contributed by atoms with Crippen LogP contribution in [0.3, 0.4) is 0 Å². The van der Waals surface area contributed by atoms with Crippen LogP contribution >= 0.6 is 0 Å². The first-order valence-electron chi connectivity index (χ1n) is 9.68. The van der Waals surface area contributed by atoms with Gasteiger partial charge in [-0.05, 0) is 56.5 Å². The van der Waals surface area contributed by atoms with Crippen molar-refractivity contribution in [2.24, 2.45) is 0 Å². The molecule has 1 unspecified atom stereocenters. The molecule has 1 atom stereocenters. The van der Waals surface area contributed by atoms with Crippen molar-refractivity contribution in [3.63, 3.8) is 0 Å². The van der Waals surface area contributed by atoms with E-state index in [9.17, 15) is 14.7 Å². The molecule has 1 aliphatic heterocycles. The number of nitrogens with zero attached hydrogens (tertiary/aromatic N) is 2. The van der Waals surface area contributed by atoms with Crippen molar-refractivity contribution in [3.05, 3.63) is 70.6 Å². The van der Waals surface area contributed by atoms with Gasteiger partial charge < -0.3 is 14.7 Å². The Labute approximate surface area is 170 Å². The van der Waals surface area contributed by atoms with Crippen LogP contribution in [0.2, 0.25) is 0 Å². The molecule has 1 fully saturated rings. The van der Waals surface area contributed by atoms with E-state index < -0.39 is 17.7 Å². The molecule has 0 radical (unpaired) electrons. The molecule has 6 nitrogen and oxygen atoms in total. The molecule has 1 saturated heterocycles. The Kier molecular flexibility index (Phi) is 6.13. The third kappa shape index (κ3) is 4.22. The summed E-state index contributed by atoms with van der Waals surface area (Å²) < 4.78 is 5.58. The van der Waals surface area contributed by atoms with Crippen molar-refractivity contribution in [1.82, 2.24) is 9.88 Å². The number of amides is 1. The molecular formula is C23H26N2O4. The molecule has 152 valence electrons. The topological polar surface area (TPSA) is 79.7 Å².